The summed E-state index contributed by atoms with van der Waals surface area (Å²) in [5.74, 6) is 0.740. The highest BCUT2D eigenvalue weighted by Crippen LogP contribution is 2.31. The fraction of sp³-hybridized carbons (Fsp3) is 0.562. The molecule has 3 N–H and O–H groups in total. The molecule has 0 bridgehead atoms. The van der Waals surface area contributed by atoms with Crippen LogP contribution in [0.1, 0.15) is 26.2 Å². The van der Waals surface area contributed by atoms with Crippen molar-refractivity contribution in [3.05, 3.63) is 24.3 Å². The average molecular weight is 292 g/mol. The second kappa shape index (κ2) is 7.43. The molecule has 1 saturated heterocycles. The molecule has 0 aliphatic carbocycles. The van der Waals surface area contributed by atoms with Crippen molar-refractivity contribution in [2.45, 2.75) is 26.2 Å². The van der Waals surface area contributed by atoms with Gasteiger partial charge < -0.3 is 20.5 Å². The fourth-order valence-corrected chi connectivity index (χ4v) is 2.43. The van der Waals surface area contributed by atoms with Crippen LogP contribution >= 0.6 is 0 Å². The Morgan fingerprint density at radius 2 is 2.19 bits per heavy atom. The molecule has 1 aromatic rings. The third kappa shape index (κ3) is 3.95. The van der Waals surface area contributed by atoms with Crippen LogP contribution in [0, 0.1) is 5.41 Å². The van der Waals surface area contributed by atoms with Gasteiger partial charge in [-0.1, -0.05) is 13.0 Å². The molecule has 0 saturated carbocycles. The van der Waals surface area contributed by atoms with Crippen LogP contribution in [0.3, 0.4) is 0 Å². The van der Waals surface area contributed by atoms with Crippen LogP contribution < -0.4 is 15.8 Å². The predicted molar refractivity (Wildman–Crippen MR) is 82.4 cm³/mol. The van der Waals surface area contributed by atoms with Gasteiger partial charge in [0.2, 0.25) is 5.91 Å². The zero-order valence-electron chi connectivity index (χ0n) is 12.6. The minimum Gasteiger partial charge on any atom is -0.494 e. The first-order chi connectivity index (χ1) is 10.2. The van der Waals surface area contributed by atoms with E-state index in [0.29, 0.717) is 39.2 Å². The second-order valence-electron chi connectivity index (χ2n) is 5.43. The molecule has 0 atom stereocenters. The molecule has 1 aromatic carbocycles. The maximum atomic E-state index is 12.6. The SMILES string of the molecule is CCCOc1cccc(NC(=O)C2(CN)CCOCC2)c1. The number of anilines is 1. The van der Waals surface area contributed by atoms with Crippen molar-refractivity contribution in [1.29, 1.82) is 0 Å². The summed E-state index contributed by atoms with van der Waals surface area (Å²) in [6, 6.07) is 7.47. The Kier molecular flexibility index (Phi) is 5.59. The summed E-state index contributed by atoms with van der Waals surface area (Å²) in [6.45, 7) is 4.24. The zero-order valence-corrected chi connectivity index (χ0v) is 12.6. The van der Waals surface area contributed by atoms with Gasteiger partial charge in [-0.05, 0) is 31.4 Å². The van der Waals surface area contributed by atoms with E-state index in [0.717, 1.165) is 17.9 Å². The summed E-state index contributed by atoms with van der Waals surface area (Å²) >= 11 is 0. The molecule has 1 fully saturated rings. The van der Waals surface area contributed by atoms with Crippen LogP contribution in [0.25, 0.3) is 0 Å². The Hall–Kier alpha value is -1.59. The predicted octanol–water partition coefficient (Wildman–Crippen LogP) is 2.17. The van der Waals surface area contributed by atoms with Crippen molar-refractivity contribution >= 4 is 11.6 Å². The van der Waals surface area contributed by atoms with Gasteiger partial charge in [0, 0.05) is 31.5 Å². The smallest absolute Gasteiger partial charge is 0.232 e. The van der Waals surface area contributed by atoms with Crippen LogP contribution in [0.4, 0.5) is 5.69 Å². The van der Waals surface area contributed by atoms with Crippen molar-refractivity contribution in [3.8, 4) is 5.75 Å². The van der Waals surface area contributed by atoms with E-state index in [1.807, 2.05) is 24.3 Å². The fourth-order valence-electron chi connectivity index (χ4n) is 2.43. The molecule has 1 aliphatic heterocycles. The van der Waals surface area contributed by atoms with E-state index in [2.05, 4.69) is 12.2 Å². The maximum Gasteiger partial charge on any atom is 0.232 e. The van der Waals surface area contributed by atoms with Crippen molar-refractivity contribution < 1.29 is 14.3 Å². The van der Waals surface area contributed by atoms with Crippen molar-refractivity contribution in [1.82, 2.24) is 0 Å². The van der Waals surface area contributed by atoms with Crippen LogP contribution in [-0.2, 0) is 9.53 Å². The van der Waals surface area contributed by atoms with Gasteiger partial charge in [0.05, 0.1) is 12.0 Å². The summed E-state index contributed by atoms with van der Waals surface area (Å²) in [6.07, 6.45) is 2.29. The Balaban J connectivity index is 2.04. The number of carbonyl (C=O) groups excluding carboxylic acids is 1. The molecule has 1 aliphatic rings. The van der Waals surface area contributed by atoms with Crippen molar-refractivity contribution in [2.24, 2.45) is 11.1 Å². The lowest BCUT2D eigenvalue weighted by Gasteiger charge is -2.34. The molecule has 5 nitrogen and oxygen atoms in total. The zero-order chi connectivity index (χ0) is 15.1. The number of hydrogen-bond acceptors (Lipinski definition) is 4. The average Bonchev–Trinajstić information content (AvgIpc) is 2.54. The topological polar surface area (TPSA) is 73.6 Å². The van der Waals surface area contributed by atoms with Gasteiger partial charge in [0.25, 0.3) is 0 Å². The molecule has 2 rings (SSSR count). The largest absolute Gasteiger partial charge is 0.494 e. The lowest BCUT2D eigenvalue weighted by atomic mass is 9.79. The van der Waals surface area contributed by atoms with E-state index in [-0.39, 0.29) is 5.91 Å². The molecular formula is C16H24N2O3. The van der Waals surface area contributed by atoms with Crippen LogP contribution in [-0.4, -0.2) is 32.3 Å². The normalized spacial score (nSPS) is 17.2. The van der Waals surface area contributed by atoms with E-state index < -0.39 is 5.41 Å². The number of nitrogens with one attached hydrogen (secondary N) is 1. The number of amides is 1. The van der Waals surface area contributed by atoms with Gasteiger partial charge in [-0.15, -0.1) is 0 Å². The third-order valence-corrected chi connectivity index (χ3v) is 3.89. The van der Waals surface area contributed by atoms with Gasteiger partial charge >= 0.3 is 0 Å². The van der Waals surface area contributed by atoms with E-state index >= 15 is 0 Å². The summed E-state index contributed by atoms with van der Waals surface area (Å²) < 4.78 is 10.9. The van der Waals surface area contributed by atoms with Gasteiger partial charge in [-0.3, -0.25) is 4.79 Å². The van der Waals surface area contributed by atoms with Crippen LogP contribution in [0.15, 0.2) is 24.3 Å². The molecule has 0 spiro atoms. The second-order valence-corrected chi connectivity index (χ2v) is 5.43. The minimum absolute atomic E-state index is 0.0269. The molecule has 0 radical (unpaired) electrons. The number of rotatable bonds is 6. The summed E-state index contributed by atoms with van der Waals surface area (Å²) in [7, 11) is 0. The number of hydrogen-bond donors (Lipinski definition) is 2. The van der Waals surface area contributed by atoms with Gasteiger partial charge in [-0.25, -0.2) is 0 Å². The highest BCUT2D eigenvalue weighted by atomic mass is 16.5. The lowest BCUT2D eigenvalue weighted by molar-refractivity contribution is -0.130. The lowest BCUT2D eigenvalue weighted by Crippen LogP contribution is -2.46. The first-order valence-corrected chi connectivity index (χ1v) is 7.52. The molecule has 116 valence electrons. The van der Waals surface area contributed by atoms with E-state index in [1.54, 1.807) is 0 Å². The van der Waals surface area contributed by atoms with Crippen molar-refractivity contribution in [2.75, 3.05) is 31.7 Å². The minimum atomic E-state index is -0.515. The third-order valence-electron chi connectivity index (χ3n) is 3.89. The highest BCUT2D eigenvalue weighted by molar-refractivity contribution is 5.95. The monoisotopic (exact) mass is 292 g/mol. The Labute approximate surface area is 125 Å². The van der Waals surface area contributed by atoms with E-state index in [9.17, 15) is 4.79 Å². The molecule has 21 heavy (non-hydrogen) atoms. The number of nitrogens with two attached hydrogens (primary N) is 1. The summed E-state index contributed by atoms with van der Waals surface area (Å²) in [4.78, 5) is 12.6. The van der Waals surface area contributed by atoms with Gasteiger partial charge in [-0.2, -0.15) is 0 Å². The van der Waals surface area contributed by atoms with Crippen molar-refractivity contribution in [3.63, 3.8) is 0 Å². The first-order valence-electron chi connectivity index (χ1n) is 7.52. The van der Waals surface area contributed by atoms with Crippen LogP contribution in [0.2, 0.25) is 0 Å². The number of benzene rings is 1. The van der Waals surface area contributed by atoms with E-state index in [4.69, 9.17) is 15.2 Å². The Morgan fingerprint density at radius 3 is 2.86 bits per heavy atom. The highest BCUT2D eigenvalue weighted by Gasteiger charge is 2.38. The molecular weight excluding hydrogens is 268 g/mol. The Bertz CT molecular complexity index is 470. The molecule has 1 amide bonds. The molecule has 1 heterocycles. The first kappa shape index (κ1) is 15.8. The summed E-state index contributed by atoms with van der Waals surface area (Å²) in [5.41, 5.74) is 6.08. The quantitative estimate of drug-likeness (QED) is 0.842. The molecule has 0 unspecified atom stereocenters. The summed E-state index contributed by atoms with van der Waals surface area (Å²) in [5, 5.41) is 2.97. The molecule has 0 aromatic heterocycles. The van der Waals surface area contributed by atoms with Gasteiger partial charge in [0.1, 0.15) is 5.75 Å². The standard InChI is InChI=1S/C16H24N2O3/c1-2-8-21-14-5-3-4-13(11-14)18-15(19)16(12-17)6-9-20-10-7-16/h3-5,11H,2,6-10,12,17H2,1H3,(H,18,19). The van der Waals surface area contributed by atoms with Gasteiger partial charge in [0.15, 0.2) is 0 Å². The van der Waals surface area contributed by atoms with E-state index in [1.165, 1.54) is 0 Å². The number of carbonyl (C=O) groups is 1. The molecule has 5 heteroatoms. The maximum absolute atomic E-state index is 12.6. The Morgan fingerprint density at radius 1 is 1.43 bits per heavy atom. The number of ether oxygens (including phenoxy) is 2. The van der Waals surface area contributed by atoms with Crippen LogP contribution in [0.5, 0.6) is 5.75 Å².